The van der Waals surface area contributed by atoms with Crippen molar-refractivity contribution in [3.8, 4) is 11.5 Å². The summed E-state index contributed by atoms with van der Waals surface area (Å²) in [6, 6.07) is 15.7. The number of halogens is 1. The second kappa shape index (κ2) is 17.2. The van der Waals surface area contributed by atoms with Crippen molar-refractivity contribution in [3.05, 3.63) is 77.3 Å². The number of carbonyl (C=O) groups is 1. The first-order valence-corrected chi connectivity index (χ1v) is 19.7. The summed E-state index contributed by atoms with van der Waals surface area (Å²) < 4.78 is 74.9. The quantitative estimate of drug-likeness (QED) is 0.283. The molecule has 274 valence electrons. The van der Waals surface area contributed by atoms with Crippen LogP contribution in [0.5, 0.6) is 11.5 Å². The molecule has 12 nitrogen and oxygen atoms in total. The maximum absolute atomic E-state index is 14.4. The minimum absolute atomic E-state index is 0.00743. The Morgan fingerprint density at radius 3 is 2.32 bits per heavy atom. The summed E-state index contributed by atoms with van der Waals surface area (Å²) in [7, 11) is -4.94. The van der Waals surface area contributed by atoms with Crippen LogP contribution in [0.2, 0.25) is 5.02 Å². The second-order valence-corrected chi connectivity index (χ2v) is 16.7. The van der Waals surface area contributed by atoms with Crippen LogP contribution in [0.25, 0.3) is 0 Å². The summed E-state index contributed by atoms with van der Waals surface area (Å²) in [4.78, 5) is 16.0. The molecular weight excluding hydrogens is 706 g/mol. The number of anilines is 1. The van der Waals surface area contributed by atoms with E-state index in [9.17, 15) is 26.7 Å². The number of hydrogen-bond acceptors (Lipinski definition) is 9. The maximum Gasteiger partial charge on any atom is 0.261 e. The predicted octanol–water partition coefficient (Wildman–Crippen LogP) is 5.27. The Kier molecular flexibility index (Phi) is 13.6. The topological polar surface area (TPSA) is 152 Å². The van der Waals surface area contributed by atoms with Crippen molar-refractivity contribution in [2.75, 3.05) is 45.2 Å². The van der Waals surface area contributed by atoms with Gasteiger partial charge in [0.25, 0.3) is 15.9 Å². The number of nitrogens with one attached hydrogen (secondary N) is 1. The van der Waals surface area contributed by atoms with Gasteiger partial charge >= 0.3 is 0 Å². The lowest BCUT2D eigenvalue weighted by atomic mass is 10.0. The van der Waals surface area contributed by atoms with Crippen LogP contribution in [0, 0.1) is 5.92 Å². The first kappa shape index (κ1) is 39.4. The summed E-state index contributed by atoms with van der Waals surface area (Å²) in [6.07, 6.45) is 1.18. The third-order valence-corrected chi connectivity index (χ3v) is 12.1. The van der Waals surface area contributed by atoms with Crippen LogP contribution in [0.15, 0.2) is 76.5 Å². The molecule has 15 heteroatoms. The van der Waals surface area contributed by atoms with Gasteiger partial charge in [0.1, 0.15) is 11.5 Å². The van der Waals surface area contributed by atoms with Crippen LogP contribution in [0.1, 0.15) is 50.4 Å². The number of ether oxygens (including phenoxy) is 3. The van der Waals surface area contributed by atoms with Gasteiger partial charge in [0, 0.05) is 43.4 Å². The number of amides is 1. The normalized spacial score (nSPS) is 20.4. The Morgan fingerprint density at radius 2 is 1.68 bits per heavy atom. The second-order valence-electron chi connectivity index (χ2n) is 12.5. The van der Waals surface area contributed by atoms with Crippen LogP contribution >= 0.6 is 11.6 Å². The Bertz CT molecular complexity index is 1810. The highest BCUT2D eigenvalue weighted by Gasteiger charge is 2.32. The van der Waals surface area contributed by atoms with Gasteiger partial charge in [-0.1, -0.05) is 18.5 Å². The Hall–Kier alpha value is -3.40. The van der Waals surface area contributed by atoms with Gasteiger partial charge in [-0.15, -0.1) is 0 Å². The number of methoxy groups -OCH3 is 1. The molecule has 0 unspecified atom stereocenters. The van der Waals surface area contributed by atoms with Gasteiger partial charge in [-0.3, -0.25) is 9.52 Å². The lowest BCUT2D eigenvalue weighted by molar-refractivity contribution is -0.00833. The molecule has 1 aliphatic heterocycles. The van der Waals surface area contributed by atoms with E-state index in [1.54, 1.807) is 13.0 Å². The van der Waals surface area contributed by atoms with Gasteiger partial charge < -0.3 is 24.2 Å². The van der Waals surface area contributed by atoms with Crippen LogP contribution in [-0.4, -0.2) is 95.8 Å². The molecule has 2 N–H and O–H groups in total. The van der Waals surface area contributed by atoms with Gasteiger partial charge in [-0.05, 0) is 99.8 Å². The zero-order chi connectivity index (χ0) is 36.6. The highest BCUT2D eigenvalue weighted by atomic mass is 35.5. The minimum Gasteiger partial charge on any atom is -0.497 e. The standard InChI is InChI=1S/C35H46ClN3O9S2/c1-24-21-39(25(2)23-40)35(41)32-20-28(37-49(42,43)30-16-12-29(46-5)13-17-30)11-18-33(32)48-26(3)8-6-7-19-47-34(24)22-38(4)50(44,45)31-14-9-27(36)10-15-31/h9-18,20,24-26,34,37,40H,6-8,19,21-23H2,1-5H3/t24-,25-,26+,34+/m1/s1. The average Bonchev–Trinajstić information content (AvgIpc) is 3.09. The molecule has 1 aliphatic rings. The first-order chi connectivity index (χ1) is 23.7. The van der Waals surface area contributed by atoms with Gasteiger partial charge in [0.05, 0.1) is 47.3 Å². The van der Waals surface area contributed by atoms with E-state index in [4.69, 9.17) is 25.8 Å². The lowest BCUT2D eigenvalue weighted by Crippen LogP contribution is -2.48. The molecule has 0 saturated carbocycles. The van der Waals surface area contributed by atoms with Crippen LogP contribution < -0.4 is 14.2 Å². The number of rotatable bonds is 10. The summed E-state index contributed by atoms with van der Waals surface area (Å²) in [6.45, 7) is 5.56. The molecule has 0 aromatic heterocycles. The largest absolute Gasteiger partial charge is 0.497 e. The van der Waals surface area contributed by atoms with E-state index >= 15 is 0 Å². The molecule has 4 rings (SSSR count). The Morgan fingerprint density at radius 1 is 1.02 bits per heavy atom. The van der Waals surface area contributed by atoms with E-state index in [0.717, 1.165) is 6.42 Å². The van der Waals surface area contributed by atoms with Crippen molar-refractivity contribution in [3.63, 3.8) is 0 Å². The summed E-state index contributed by atoms with van der Waals surface area (Å²) in [5, 5.41) is 10.6. The predicted molar refractivity (Wildman–Crippen MR) is 192 cm³/mol. The average molecular weight is 752 g/mol. The lowest BCUT2D eigenvalue weighted by Gasteiger charge is -2.35. The fourth-order valence-electron chi connectivity index (χ4n) is 5.56. The first-order valence-electron chi connectivity index (χ1n) is 16.4. The van der Waals surface area contributed by atoms with Crippen molar-refractivity contribution in [1.29, 1.82) is 0 Å². The number of hydrogen-bond donors (Lipinski definition) is 2. The van der Waals surface area contributed by atoms with Gasteiger partial charge in [0.2, 0.25) is 10.0 Å². The van der Waals surface area contributed by atoms with E-state index in [-0.39, 0.29) is 58.5 Å². The molecule has 0 bridgehead atoms. The molecule has 50 heavy (non-hydrogen) atoms. The molecule has 0 aliphatic carbocycles. The summed E-state index contributed by atoms with van der Waals surface area (Å²) in [5.74, 6) is -0.110. The zero-order valence-electron chi connectivity index (χ0n) is 28.9. The fourth-order valence-corrected chi connectivity index (χ4v) is 7.91. The fraction of sp³-hybridized carbons (Fsp3) is 0.457. The molecule has 1 heterocycles. The van der Waals surface area contributed by atoms with Crippen molar-refractivity contribution in [1.82, 2.24) is 9.21 Å². The van der Waals surface area contributed by atoms with Gasteiger partial charge in [-0.25, -0.2) is 16.8 Å². The number of aliphatic hydroxyl groups excluding tert-OH is 1. The number of sulfonamides is 2. The molecule has 0 spiro atoms. The van der Waals surface area contributed by atoms with E-state index in [1.807, 2.05) is 13.8 Å². The minimum atomic E-state index is -4.03. The number of aliphatic hydroxyl groups is 1. The highest BCUT2D eigenvalue weighted by Crippen LogP contribution is 2.30. The van der Waals surface area contributed by atoms with Crippen molar-refractivity contribution in [2.45, 2.75) is 68.1 Å². The number of carbonyl (C=O) groups excluding carboxylic acids is 1. The van der Waals surface area contributed by atoms with Crippen molar-refractivity contribution < 1.29 is 40.9 Å². The van der Waals surface area contributed by atoms with Crippen LogP contribution in [0.3, 0.4) is 0 Å². The molecule has 3 aromatic carbocycles. The van der Waals surface area contributed by atoms with E-state index < -0.39 is 38.1 Å². The van der Waals surface area contributed by atoms with Crippen molar-refractivity contribution in [2.24, 2.45) is 5.92 Å². The smallest absolute Gasteiger partial charge is 0.261 e. The number of benzene rings is 3. The molecule has 3 aromatic rings. The third-order valence-electron chi connectivity index (χ3n) is 8.63. The Balaban J connectivity index is 1.67. The molecule has 4 atom stereocenters. The number of nitrogens with zero attached hydrogens (tertiary/aromatic N) is 2. The molecule has 0 saturated heterocycles. The van der Waals surface area contributed by atoms with Crippen LogP contribution in [-0.2, 0) is 24.8 Å². The summed E-state index contributed by atoms with van der Waals surface area (Å²) >= 11 is 5.98. The molecular formula is C35H46ClN3O9S2. The third kappa shape index (κ3) is 9.89. The van der Waals surface area contributed by atoms with Gasteiger partial charge in [0.15, 0.2) is 0 Å². The van der Waals surface area contributed by atoms with Crippen LogP contribution in [0.4, 0.5) is 5.69 Å². The summed E-state index contributed by atoms with van der Waals surface area (Å²) in [5.41, 5.74) is 0.251. The monoisotopic (exact) mass is 751 g/mol. The highest BCUT2D eigenvalue weighted by molar-refractivity contribution is 7.92. The number of likely N-dealkylation sites (N-methyl/N-ethyl adjacent to an activating group) is 1. The van der Waals surface area contributed by atoms with E-state index in [2.05, 4.69) is 4.72 Å². The zero-order valence-corrected chi connectivity index (χ0v) is 31.3. The maximum atomic E-state index is 14.4. The van der Waals surface area contributed by atoms with E-state index in [0.29, 0.717) is 30.2 Å². The van der Waals surface area contributed by atoms with Gasteiger partial charge in [-0.2, -0.15) is 4.31 Å². The van der Waals surface area contributed by atoms with E-state index in [1.165, 1.54) is 84.0 Å². The molecule has 0 fully saturated rings. The molecule has 0 radical (unpaired) electrons. The van der Waals surface area contributed by atoms with Crippen molar-refractivity contribution >= 4 is 43.2 Å². The SMILES string of the molecule is COc1ccc(S(=O)(=O)Nc2ccc3c(c2)C(=O)N([C@H](C)CO)C[C@@H](C)[C@H](CN(C)S(=O)(=O)c2ccc(Cl)cc2)OCCCC[C@H](C)O3)cc1. The number of fused-ring (bicyclic) bond motifs is 1. The molecule has 1 amide bonds. The Labute approximate surface area is 300 Å².